The molecule has 5 heavy (non-hydrogen) atoms. The Bertz CT molecular complexity index is 71.4. The van der Waals surface area contributed by atoms with E-state index in [9.17, 15) is 0 Å². The van der Waals surface area contributed by atoms with Crippen LogP contribution in [0.3, 0.4) is 0 Å². The van der Waals surface area contributed by atoms with Crippen molar-refractivity contribution >= 4 is 0 Å². The van der Waals surface area contributed by atoms with Crippen molar-refractivity contribution in [1.29, 1.82) is 0 Å². The molecule has 0 bridgehead atoms. The molecule has 2 nitrogen and oxygen atoms in total. The summed E-state index contributed by atoms with van der Waals surface area (Å²) in [6, 6.07) is 0. The van der Waals surface area contributed by atoms with Gasteiger partial charge in [0.25, 0.3) is 0 Å². The molecule has 0 aromatic heterocycles. The molecular formula is C3H9NO. The van der Waals surface area contributed by atoms with Crippen LogP contribution in [0.5, 0.6) is 0 Å². The van der Waals surface area contributed by atoms with Crippen LogP contribution >= 0.6 is 0 Å². The summed E-state index contributed by atoms with van der Waals surface area (Å²) in [6.07, 6.45) is -1.37. The molecule has 0 aliphatic carbocycles. The third-order valence-corrected chi connectivity index (χ3v) is 0.223. The Kier molecular flexibility index (Phi) is 0.687. The molecule has 0 aromatic carbocycles. The predicted molar refractivity (Wildman–Crippen MR) is 20.7 cm³/mol. The van der Waals surface area contributed by atoms with E-state index in [0.29, 0.717) is 0 Å². The zero-order valence-corrected chi connectivity index (χ0v) is 2.81. The molecule has 0 fully saturated rings. The Balaban J connectivity index is 3.62. The van der Waals surface area contributed by atoms with Crippen molar-refractivity contribution in [3.63, 3.8) is 0 Å². The fraction of sp³-hybridized carbons (Fsp3) is 1.00. The zero-order valence-electron chi connectivity index (χ0n) is 5.81. The van der Waals surface area contributed by atoms with Gasteiger partial charge in [-0.15, -0.1) is 0 Å². The number of nitrogens with two attached hydrogens (primary N) is 1. The van der Waals surface area contributed by atoms with Gasteiger partial charge >= 0.3 is 0 Å². The first-order valence-corrected chi connectivity index (χ1v) is 1.36. The lowest BCUT2D eigenvalue weighted by atomic mass is 10.4. The van der Waals surface area contributed by atoms with E-state index in [0.717, 1.165) is 0 Å². The summed E-state index contributed by atoms with van der Waals surface area (Å²) < 4.78 is 19.6. The van der Waals surface area contributed by atoms with Crippen molar-refractivity contribution in [1.82, 2.24) is 0 Å². The lowest BCUT2D eigenvalue weighted by molar-refractivity contribution is 0.203. The van der Waals surface area contributed by atoms with E-state index in [4.69, 9.17) is 15.0 Å². The van der Waals surface area contributed by atoms with Crippen molar-refractivity contribution in [2.24, 2.45) is 5.73 Å². The monoisotopic (exact) mass is 78.1 g/mol. The van der Waals surface area contributed by atoms with Crippen LogP contribution in [0.4, 0.5) is 0 Å². The minimum absolute atomic E-state index is 0.212. The molecule has 0 aromatic rings. The molecule has 0 aliphatic rings. The predicted octanol–water partition coefficient (Wildman–Crippen LogP) is -0.674. The minimum Gasteiger partial charge on any atom is -0.392 e. The third-order valence-electron chi connectivity index (χ3n) is 0.223. The maximum atomic E-state index is 8.51. The molecular weight excluding hydrogens is 66.0 g/mol. The topological polar surface area (TPSA) is 46.2 Å². The Morgan fingerprint density at radius 3 is 3.00 bits per heavy atom. The quantitative estimate of drug-likeness (QED) is 0.437. The van der Waals surface area contributed by atoms with Crippen LogP contribution in [0, 0.1) is 0 Å². The van der Waals surface area contributed by atoms with Gasteiger partial charge in [-0.3, -0.25) is 0 Å². The molecule has 0 spiro atoms. The van der Waals surface area contributed by atoms with Gasteiger partial charge < -0.3 is 10.8 Å². The summed E-state index contributed by atoms with van der Waals surface area (Å²) in [7, 11) is 0. The van der Waals surface area contributed by atoms with Crippen LogP contribution in [0.25, 0.3) is 0 Å². The van der Waals surface area contributed by atoms with Gasteiger partial charge in [-0.05, 0) is 6.85 Å². The third kappa shape index (κ3) is 3.92. The second-order valence-electron chi connectivity index (χ2n) is 0.752. The van der Waals surface area contributed by atoms with Gasteiger partial charge in [0.05, 0.1) is 6.10 Å². The summed E-state index contributed by atoms with van der Waals surface area (Å²) in [5.41, 5.74) is 4.85. The molecule has 2 heteroatoms. The van der Waals surface area contributed by atoms with Crippen molar-refractivity contribution in [2.45, 2.75) is 13.0 Å². The number of hydrogen-bond donors (Lipinski definition) is 2. The largest absolute Gasteiger partial charge is 0.392 e. The summed E-state index contributed by atoms with van der Waals surface area (Å²) in [6.45, 7) is -2.52. The van der Waals surface area contributed by atoms with Gasteiger partial charge in [0, 0.05) is 10.7 Å². The Morgan fingerprint density at radius 2 is 3.00 bits per heavy atom. The molecule has 0 saturated carbocycles. The van der Waals surface area contributed by atoms with Gasteiger partial charge in [0.2, 0.25) is 0 Å². The SMILES string of the molecule is [2H]C([2H])([2H])C(O)CN. The van der Waals surface area contributed by atoms with Gasteiger partial charge in [-0.2, -0.15) is 0 Å². The highest BCUT2D eigenvalue weighted by molar-refractivity contribution is 4.40. The first-order chi connectivity index (χ1) is 3.48. The fourth-order valence-corrected chi connectivity index (χ4v) is 0. The summed E-state index contributed by atoms with van der Waals surface area (Å²) in [5, 5.41) is 8.51. The second-order valence-corrected chi connectivity index (χ2v) is 0.752. The molecule has 3 N–H and O–H groups in total. The molecule has 0 heterocycles. The maximum absolute atomic E-state index is 8.51. The molecule has 0 radical (unpaired) electrons. The Labute approximate surface area is 35.8 Å². The van der Waals surface area contributed by atoms with E-state index in [-0.39, 0.29) is 6.54 Å². The average Bonchev–Trinajstić information content (AvgIpc) is 1.62. The van der Waals surface area contributed by atoms with Crippen LogP contribution in [0.15, 0.2) is 0 Å². The Morgan fingerprint density at radius 1 is 2.40 bits per heavy atom. The normalized spacial score (nSPS) is 26.4. The van der Waals surface area contributed by atoms with Crippen molar-refractivity contribution in [3.8, 4) is 0 Å². The first-order valence-electron chi connectivity index (χ1n) is 2.86. The highest BCUT2D eigenvalue weighted by Crippen LogP contribution is 1.65. The summed E-state index contributed by atoms with van der Waals surface area (Å²) in [5.74, 6) is 0. The molecule has 32 valence electrons. The van der Waals surface area contributed by atoms with Crippen molar-refractivity contribution in [3.05, 3.63) is 0 Å². The van der Waals surface area contributed by atoms with E-state index in [1.54, 1.807) is 0 Å². The van der Waals surface area contributed by atoms with Crippen molar-refractivity contribution < 1.29 is 9.22 Å². The molecule has 1 atom stereocenters. The highest BCUT2D eigenvalue weighted by atomic mass is 16.3. The van der Waals surface area contributed by atoms with E-state index in [1.807, 2.05) is 0 Å². The lowest BCUT2D eigenvalue weighted by Crippen LogP contribution is -2.14. The number of hydrogen-bond acceptors (Lipinski definition) is 2. The van der Waals surface area contributed by atoms with Gasteiger partial charge in [0.1, 0.15) is 0 Å². The zero-order chi connectivity index (χ0) is 6.78. The van der Waals surface area contributed by atoms with Crippen LogP contribution in [0.2, 0.25) is 0 Å². The van der Waals surface area contributed by atoms with E-state index >= 15 is 0 Å². The minimum atomic E-state index is -2.31. The van der Waals surface area contributed by atoms with Gasteiger partial charge in [-0.1, -0.05) is 0 Å². The molecule has 0 rings (SSSR count). The fourth-order valence-electron chi connectivity index (χ4n) is 0. The summed E-state index contributed by atoms with van der Waals surface area (Å²) in [4.78, 5) is 0. The summed E-state index contributed by atoms with van der Waals surface area (Å²) >= 11 is 0. The average molecular weight is 78.1 g/mol. The van der Waals surface area contributed by atoms with Crippen LogP contribution in [-0.2, 0) is 0 Å². The van der Waals surface area contributed by atoms with Crippen LogP contribution in [0.1, 0.15) is 11.0 Å². The van der Waals surface area contributed by atoms with Gasteiger partial charge in [-0.25, -0.2) is 0 Å². The number of aliphatic hydroxyl groups excluding tert-OH is 1. The maximum Gasteiger partial charge on any atom is 0.0634 e. The van der Waals surface area contributed by atoms with Crippen LogP contribution in [-0.4, -0.2) is 17.8 Å². The molecule has 0 amide bonds. The van der Waals surface area contributed by atoms with E-state index < -0.39 is 13.0 Å². The molecule has 0 saturated heterocycles. The van der Waals surface area contributed by atoms with E-state index in [1.165, 1.54) is 0 Å². The molecule has 1 unspecified atom stereocenters. The number of rotatable bonds is 1. The second kappa shape index (κ2) is 2.18. The number of aliphatic hydroxyl groups is 1. The van der Waals surface area contributed by atoms with Crippen LogP contribution < -0.4 is 5.73 Å². The molecule has 0 aliphatic heterocycles. The standard InChI is InChI=1S/C3H9NO/c1-3(5)2-4/h3,5H,2,4H2,1H3/i1D3. The van der Waals surface area contributed by atoms with E-state index in [2.05, 4.69) is 0 Å². The van der Waals surface area contributed by atoms with Crippen molar-refractivity contribution in [2.75, 3.05) is 6.54 Å². The lowest BCUT2D eigenvalue weighted by Gasteiger charge is -1.91. The first kappa shape index (κ1) is 1.58. The van der Waals surface area contributed by atoms with Gasteiger partial charge in [0.15, 0.2) is 0 Å². The Hall–Kier alpha value is -0.0800. The smallest absolute Gasteiger partial charge is 0.0634 e. The highest BCUT2D eigenvalue weighted by Gasteiger charge is 1.81.